The lowest BCUT2D eigenvalue weighted by Gasteiger charge is -2.27. The van der Waals surface area contributed by atoms with E-state index in [1.54, 1.807) is 12.1 Å². The number of rotatable bonds is 1. The highest BCUT2D eigenvalue weighted by atomic mass is 79.9. The largest absolute Gasteiger partial charge is 0.418 e. The van der Waals surface area contributed by atoms with Gasteiger partial charge < -0.3 is 10.6 Å². The summed E-state index contributed by atoms with van der Waals surface area (Å²) in [6.45, 7) is 1.39. The molecule has 1 aliphatic carbocycles. The molecule has 1 unspecified atom stereocenters. The Labute approximate surface area is 130 Å². The fourth-order valence-electron chi connectivity index (χ4n) is 3.68. The second kappa shape index (κ2) is 5.47. The molecule has 0 amide bonds. The van der Waals surface area contributed by atoms with Gasteiger partial charge in [-0.2, -0.15) is 13.2 Å². The van der Waals surface area contributed by atoms with Gasteiger partial charge in [0.15, 0.2) is 0 Å². The zero-order valence-electron chi connectivity index (χ0n) is 11.5. The van der Waals surface area contributed by atoms with E-state index in [1.807, 2.05) is 4.90 Å². The first-order valence-corrected chi connectivity index (χ1v) is 8.01. The van der Waals surface area contributed by atoms with Crippen molar-refractivity contribution in [3.05, 3.63) is 28.2 Å². The van der Waals surface area contributed by atoms with E-state index in [0.717, 1.165) is 19.3 Å². The minimum atomic E-state index is -4.33. The minimum absolute atomic E-state index is 0.207. The zero-order chi connectivity index (χ0) is 15.2. The first kappa shape index (κ1) is 15.2. The summed E-state index contributed by atoms with van der Waals surface area (Å²) in [6, 6.07) is 4.63. The molecule has 21 heavy (non-hydrogen) atoms. The lowest BCUT2D eigenvalue weighted by atomic mass is 9.79. The fraction of sp³-hybridized carbons (Fsp3) is 0.600. The number of nitrogens with two attached hydrogens (primary N) is 1. The van der Waals surface area contributed by atoms with E-state index in [2.05, 4.69) is 15.9 Å². The first-order valence-electron chi connectivity index (χ1n) is 7.22. The van der Waals surface area contributed by atoms with E-state index >= 15 is 0 Å². The van der Waals surface area contributed by atoms with Crippen LogP contribution in [0.1, 0.15) is 24.8 Å². The SMILES string of the molecule is NC1CC[C@@H]2CN(c3ccc(Br)cc3C(F)(F)F)C[C@@H]2C1. The number of benzene rings is 1. The summed E-state index contributed by atoms with van der Waals surface area (Å²) in [5.41, 5.74) is 5.73. The number of alkyl halides is 3. The number of hydrogen-bond acceptors (Lipinski definition) is 2. The van der Waals surface area contributed by atoms with E-state index in [-0.39, 0.29) is 6.04 Å². The Kier molecular flexibility index (Phi) is 3.94. The Bertz CT molecular complexity index is 532. The van der Waals surface area contributed by atoms with Crippen LogP contribution >= 0.6 is 15.9 Å². The van der Waals surface area contributed by atoms with Gasteiger partial charge in [-0.25, -0.2) is 0 Å². The molecule has 0 aromatic heterocycles. The van der Waals surface area contributed by atoms with Gasteiger partial charge in [0.2, 0.25) is 0 Å². The minimum Gasteiger partial charge on any atom is -0.370 e. The topological polar surface area (TPSA) is 29.3 Å². The third-order valence-corrected chi connectivity index (χ3v) is 5.19. The second-order valence-electron chi connectivity index (χ2n) is 6.16. The Morgan fingerprint density at radius 2 is 1.86 bits per heavy atom. The maximum atomic E-state index is 13.2. The second-order valence-corrected chi connectivity index (χ2v) is 7.07. The van der Waals surface area contributed by atoms with Gasteiger partial charge in [0.05, 0.1) is 5.56 Å². The quantitative estimate of drug-likeness (QED) is 0.816. The van der Waals surface area contributed by atoms with E-state index < -0.39 is 11.7 Å². The van der Waals surface area contributed by atoms with Crippen LogP contribution < -0.4 is 10.6 Å². The first-order chi connectivity index (χ1) is 9.84. The van der Waals surface area contributed by atoms with Crippen LogP contribution in [0.4, 0.5) is 18.9 Å². The van der Waals surface area contributed by atoms with Crippen LogP contribution in [0.2, 0.25) is 0 Å². The number of fused-ring (bicyclic) bond motifs is 1. The Balaban J connectivity index is 1.88. The molecular weight excluding hydrogens is 345 g/mol. The Morgan fingerprint density at radius 3 is 2.57 bits per heavy atom. The molecule has 1 saturated carbocycles. The van der Waals surface area contributed by atoms with Crippen molar-refractivity contribution in [3.63, 3.8) is 0 Å². The van der Waals surface area contributed by atoms with Gasteiger partial charge in [0.25, 0.3) is 0 Å². The van der Waals surface area contributed by atoms with Crippen molar-refractivity contribution in [3.8, 4) is 0 Å². The van der Waals surface area contributed by atoms with Gasteiger partial charge in [-0.05, 0) is 49.3 Å². The summed E-state index contributed by atoms with van der Waals surface area (Å²) in [6.07, 6.45) is -1.38. The average molecular weight is 363 g/mol. The number of hydrogen-bond donors (Lipinski definition) is 1. The van der Waals surface area contributed by atoms with Crippen molar-refractivity contribution in [1.29, 1.82) is 0 Å². The molecule has 0 bridgehead atoms. The highest BCUT2D eigenvalue weighted by Crippen LogP contribution is 2.43. The van der Waals surface area contributed by atoms with Crippen molar-refractivity contribution < 1.29 is 13.2 Å². The van der Waals surface area contributed by atoms with E-state index in [4.69, 9.17) is 5.73 Å². The van der Waals surface area contributed by atoms with Crippen LogP contribution in [0, 0.1) is 11.8 Å². The fourth-order valence-corrected chi connectivity index (χ4v) is 4.04. The molecule has 116 valence electrons. The van der Waals surface area contributed by atoms with Crippen LogP contribution in [-0.4, -0.2) is 19.1 Å². The van der Waals surface area contributed by atoms with Crippen LogP contribution in [0.15, 0.2) is 22.7 Å². The molecule has 0 spiro atoms. The summed E-state index contributed by atoms with van der Waals surface area (Å²) in [5, 5.41) is 0. The molecule has 1 aliphatic heterocycles. The molecule has 2 fully saturated rings. The molecule has 1 aromatic carbocycles. The van der Waals surface area contributed by atoms with Crippen molar-refractivity contribution in [2.45, 2.75) is 31.5 Å². The van der Waals surface area contributed by atoms with Crippen LogP contribution in [0.3, 0.4) is 0 Å². The maximum Gasteiger partial charge on any atom is 0.418 e. The van der Waals surface area contributed by atoms with Gasteiger partial charge in [0.1, 0.15) is 0 Å². The number of halogens is 4. The van der Waals surface area contributed by atoms with Gasteiger partial charge in [-0.3, -0.25) is 0 Å². The maximum absolute atomic E-state index is 13.2. The van der Waals surface area contributed by atoms with Crippen molar-refractivity contribution in [1.82, 2.24) is 0 Å². The van der Waals surface area contributed by atoms with Crippen LogP contribution in [-0.2, 0) is 6.18 Å². The highest BCUT2D eigenvalue weighted by molar-refractivity contribution is 9.10. The molecule has 2 N–H and O–H groups in total. The molecule has 3 rings (SSSR count). The smallest absolute Gasteiger partial charge is 0.370 e. The molecule has 1 saturated heterocycles. The highest BCUT2D eigenvalue weighted by Gasteiger charge is 2.40. The summed E-state index contributed by atoms with van der Waals surface area (Å²) in [4.78, 5) is 1.89. The molecule has 3 atom stereocenters. The predicted molar refractivity (Wildman–Crippen MR) is 80.2 cm³/mol. The van der Waals surface area contributed by atoms with Gasteiger partial charge in [-0.1, -0.05) is 15.9 Å². The average Bonchev–Trinajstić information content (AvgIpc) is 2.80. The number of anilines is 1. The van der Waals surface area contributed by atoms with Gasteiger partial charge in [-0.15, -0.1) is 0 Å². The van der Waals surface area contributed by atoms with E-state index in [9.17, 15) is 13.2 Å². The normalized spacial score (nSPS) is 29.6. The molecule has 0 radical (unpaired) electrons. The standard InChI is InChI=1S/C15H18BrF3N2/c16-11-2-4-14(13(6-11)15(17,18)19)21-7-9-1-3-12(20)5-10(9)8-21/h2,4,6,9-10,12H,1,3,5,7-8,20H2/t9-,10+,12?/m1/s1. The summed E-state index contributed by atoms with van der Waals surface area (Å²) in [7, 11) is 0. The zero-order valence-corrected chi connectivity index (χ0v) is 13.1. The summed E-state index contributed by atoms with van der Waals surface area (Å²) in [5.74, 6) is 0.910. The molecular formula is C15H18BrF3N2. The number of nitrogens with zero attached hydrogens (tertiary/aromatic N) is 1. The lowest BCUT2D eigenvalue weighted by Crippen LogP contribution is -2.32. The van der Waals surface area contributed by atoms with Crippen molar-refractivity contribution in [2.24, 2.45) is 17.6 Å². The molecule has 1 aromatic rings. The van der Waals surface area contributed by atoms with Crippen LogP contribution in [0.25, 0.3) is 0 Å². The Hall–Kier alpha value is -0.750. The third kappa shape index (κ3) is 3.06. The summed E-state index contributed by atoms with van der Waals surface area (Å²) >= 11 is 3.13. The van der Waals surface area contributed by atoms with E-state index in [0.29, 0.717) is 35.1 Å². The van der Waals surface area contributed by atoms with Gasteiger partial charge in [0, 0.05) is 29.3 Å². The van der Waals surface area contributed by atoms with Crippen molar-refractivity contribution in [2.75, 3.05) is 18.0 Å². The molecule has 2 aliphatic rings. The lowest BCUT2D eigenvalue weighted by molar-refractivity contribution is -0.137. The molecule has 6 heteroatoms. The summed E-state index contributed by atoms with van der Waals surface area (Å²) < 4.78 is 40.2. The Morgan fingerprint density at radius 1 is 1.14 bits per heavy atom. The monoisotopic (exact) mass is 362 g/mol. The van der Waals surface area contributed by atoms with E-state index in [1.165, 1.54) is 6.07 Å². The van der Waals surface area contributed by atoms with Crippen molar-refractivity contribution >= 4 is 21.6 Å². The van der Waals surface area contributed by atoms with Crippen LogP contribution in [0.5, 0.6) is 0 Å². The predicted octanol–water partition coefficient (Wildman–Crippen LogP) is 4.03. The third-order valence-electron chi connectivity index (χ3n) is 4.69. The molecule has 1 heterocycles. The molecule has 2 nitrogen and oxygen atoms in total. The van der Waals surface area contributed by atoms with Gasteiger partial charge >= 0.3 is 6.18 Å².